The fourth-order valence-electron chi connectivity index (χ4n) is 2.08. The molecule has 0 fully saturated rings. The molecule has 0 aliphatic carbocycles. The minimum atomic E-state index is 0.0488. The fraction of sp³-hybridized carbons (Fsp3) is 0.571. The largest absolute Gasteiger partial charge is 0.243 e. The molecule has 1 aromatic carbocycles. The summed E-state index contributed by atoms with van der Waals surface area (Å²) in [6.07, 6.45) is 0. The van der Waals surface area contributed by atoms with Crippen LogP contribution in [0.2, 0.25) is 0 Å². The van der Waals surface area contributed by atoms with Gasteiger partial charge in [-0.05, 0) is 32.3 Å². The molecule has 2 rings (SSSR count). The van der Waals surface area contributed by atoms with Crippen molar-refractivity contribution in [2.24, 2.45) is 0 Å². The number of aromatic nitrogens is 2. The van der Waals surface area contributed by atoms with Gasteiger partial charge in [0.15, 0.2) is 0 Å². The number of hydrogen-bond donors (Lipinski definition) is 0. The van der Waals surface area contributed by atoms with Gasteiger partial charge in [-0.1, -0.05) is 53.7 Å². The molecule has 0 atom stereocenters. The molecule has 0 N–H and O–H groups in total. The maximum absolute atomic E-state index is 4.94. The van der Waals surface area contributed by atoms with Gasteiger partial charge in [-0.3, -0.25) is 0 Å². The predicted molar refractivity (Wildman–Crippen MR) is 69.2 cm³/mol. The third-order valence-corrected chi connectivity index (χ3v) is 3.03. The van der Waals surface area contributed by atoms with Crippen LogP contribution in [0.4, 0.5) is 0 Å². The fourth-order valence-corrected chi connectivity index (χ4v) is 2.08. The zero-order valence-corrected chi connectivity index (χ0v) is 11.5. The van der Waals surface area contributed by atoms with Gasteiger partial charge in [0, 0.05) is 0 Å². The van der Waals surface area contributed by atoms with Crippen molar-refractivity contribution in [3.8, 4) is 0 Å². The Morgan fingerprint density at radius 2 is 1.12 bits per heavy atom. The van der Waals surface area contributed by atoms with Gasteiger partial charge in [-0.25, -0.2) is 4.63 Å². The molecule has 1 aromatic heterocycles. The third-order valence-electron chi connectivity index (χ3n) is 3.03. The number of nitrogens with zero attached hydrogens (tertiary/aromatic N) is 2. The molecule has 17 heavy (non-hydrogen) atoms. The molecule has 2 aromatic rings. The summed E-state index contributed by atoms with van der Waals surface area (Å²) >= 11 is 0. The number of benzene rings is 1. The second-order valence-corrected chi connectivity index (χ2v) is 6.62. The van der Waals surface area contributed by atoms with Crippen LogP contribution < -0.4 is 0 Å². The molecule has 3 heteroatoms. The molecule has 0 amide bonds. The maximum atomic E-state index is 4.94. The van der Waals surface area contributed by atoms with Crippen LogP contribution in [0.3, 0.4) is 0 Å². The van der Waals surface area contributed by atoms with E-state index in [1.54, 1.807) is 0 Å². The summed E-state index contributed by atoms with van der Waals surface area (Å²) in [6.45, 7) is 13.0. The lowest BCUT2D eigenvalue weighted by molar-refractivity contribution is 0.314. The first kappa shape index (κ1) is 12.1. The maximum Gasteiger partial charge on any atom is 0.139 e. The Bertz CT molecular complexity index is 493. The quantitative estimate of drug-likeness (QED) is 0.693. The zero-order chi connectivity index (χ0) is 12.8. The lowest BCUT2D eigenvalue weighted by Gasteiger charge is -2.23. The van der Waals surface area contributed by atoms with E-state index >= 15 is 0 Å². The third kappa shape index (κ3) is 2.06. The van der Waals surface area contributed by atoms with Crippen molar-refractivity contribution < 1.29 is 4.63 Å². The molecular weight excluding hydrogens is 212 g/mol. The van der Waals surface area contributed by atoms with Crippen molar-refractivity contribution in [3.63, 3.8) is 0 Å². The van der Waals surface area contributed by atoms with Crippen LogP contribution in [0.5, 0.6) is 0 Å². The minimum Gasteiger partial charge on any atom is -0.243 e. The Morgan fingerprint density at radius 1 is 0.765 bits per heavy atom. The Kier molecular flexibility index (Phi) is 2.53. The molecule has 0 saturated carbocycles. The van der Waals surface area contributed by atoms with E-state index in [0.717, 1.165) is 11.0 Å². The van der Waals surface area contributed by atoms with Gasteiger partial charge in [0.05, 0.1) is 0 Å². The molecule has 0 spiro atoms. The lowest BCUT2D eigenvalue weighted by Crippen LogP contribution is -2.16. The van der Waals surface area contributed by atoms with Crippen LogP contribution in [0.15, 0.2) is 16.8 Å². The zero-order valence-electron chi connectivity index (χ0n) is 11.5. The van der Waals surface area contributed by atoms with Crippen LogP contribution in [0.25, 0.3) is 11.0 Å². The van der Waals surface area contributed by atoms with Crippen LogP contribution in [0, 0.1) is 0 Å². The Morgan fingerprint density at radius 3 is 1.41 bits per heavy atom. The van der Waals surface area contributed by atoms with Crippen LogP contribution in [-0.2, 0) is 10.8 Å². The molecule has 92 valence electrons. The predicted octanol–water partition coefficient (Wildman–Crippen LogP) is 3.82. The van der Waals surface area contributed by atoms with Gasteiger partial charge in [-0.15, -0.1) is 0 Å². The Labute approximate surface area is 102 Å². The average Bonchev–Trinajstić information content (AvgIpc) is 2.60. The van der Waals surface area contributed by atoms with Crippen LogP contribution >= 0.6 is 0 Å². The van der Waals surface area contributed by atoms with Crippen LogP contribution in [0.1, 0.15) is 52.7 Å². The minimum absolute atomic E-state index is 0.0488. The normalized spacial score (nSPS) is 13.3. The first-order valence-corrected chi connectivity index (χ1v) is 5.97. The van der Waals surface area contributed by atoms with Crippen molar-refractivity contribution in [1.82, 2.24) is 10.3 Å². The number of fused-ring (bicyclic) bond motifs is 1. The van der Waals surface area contributed by atoms with Gasteiger partial charge < -0.3 is 0 Å². The summed E-state index contributed by atoms with van der Waals surface area (Å²) in [5.74, 6) is 0. The van der Waals surface area contributed by atoms with E-state index in [4.69, 9.17) is 4.63 Å². The summed E-state index contributed by atoms with van der Waals surface area (Å²) in [6, 6.07) is 4.29. The number of hydrogen-bond acceptors (Lipinski definition) is 3. The van der Waals surface area contributed by atoms with E-state index in [1.165, 1.54) is 11.1 Å². The van der Waals surface area contributed by atoms with E-state index in [1.807, 2.05) is 0 Å². The molecule has 0 bridgehead atoms. The van der Waals surface area contributed by atoms with Crippen molar-refractivity contribution >= 4 is 11.0 Å². The van der Waals surface area contributed by atoms with E-state index in [9.17, 15) is 0 Å². The van der Waals surface area contributed by atoms with E-state index in [-0.39, 0.29) is 10.8 Å². The molecule has 0 unspecified atom stereocenters. The highest BCUT2D eigenvalue weighted by molar-refractivity contribution is 5.82. The molecule has 3 nitrogen and oxygen atoms in total. The highest BCUT2D eigenvalue weighted by atomic mass is 16.6. The lowest BCUT2D eigenvalue weighted by atomic mass is 9.81. The molecule has 1 heterocycles. The monoisotopic (exact) mass is 232 g/mol. The molecular formula is C14H20N2O. The topological polar surface area (TPSA) is 38.9 Å². The summed E-state index contributed by atoms with van der Waals surface area (Å²) in [7, 11) is 0. The van der Waals surface area contributed by atoms with Gasteiger partial charge in [0.25, 0.3) is 0 Å². The van der Waals surface area contributed by atoms with E-state index in [2.05, 4.69) is 64.0 Å². The standard InChI is InChI=1S/C14H20N2O/c1-13(2,3)9-7-8-10(14(4,5)6)12-11(9)15-17-16-12/h7-8H,1-6H3. The van der Waals surface area contributed by atoms with Crippen molar-refractivity contribution in [2.45, 2.75) is 52.4 Å². The first-order chi connectivity index (χ1) is 7.71. The Hall–Kier alpha value is -1.38. The SMILES string of the molecule is CC(C)(C)c1ccc(C(C)(C)C)c2nonc12. The smallest absolute Gasteiger partial charge is 0.139 e. The first-order valence-electron chi connectivity index (χ1n) is 5.97. The Balaban J connectivity index is 2.76. The average molecular weight is 232 g/mol. The molecule has 0 aliphatic heterocycles. The highest BCUT2D eigenvalue weighted by Crippen LogP contribution is 2.34. The second kappa shape index (κ2) is 3.56. The van der Waals surface area contributed by atoms with Gasteiger partial charge in [0.2, 0.25) is 0 Å². The number of rotatable bonds is 0. The summed E-state index contributed by atoms with van der Waals surface area (Å²) in [5.41, 5.74) is 4.25. The van der Waals surface area contributed by atoms with Crippen LogP contribution in [-0.4, -0.2) is 10.3 Å². The summed E-state index contributed by atoms with van der Waals surface area (Å²) < 4.78 is 4.94. The molecule has 0 saturated heterocycles. The molecule has 0 radical (unpaired) electrons. The second-order valence-electron chi connectivity index (χ2n) is 6.62. The van der Waals surface area contributed by atoms with E-state index < -0.39 is 0 Å². The van der Waals surface area contributed by atoms with Gasteiger partial charge >= 0.3 is 0 Å². The highest BCUT2D eigenvalue weighted by Gasteiger charge is 2.25. The van der Waals surface area contributed by atoms with Gasteiger partial charge in [0.1, 0.15) is 11.0 Å². The summed E-state index contributed by atoms with van der Waals surface area (Å²) in [5, 5.41) is 8.15. The van der Waals surface area contributed by atoms with Crippen molar-refractivity contribution in [2.75, 3.05) is 0 Å². The van der Waals surface area contributed by atoms with Crippen molar-refractivity contribution in [3.05, 3.63) is 23.3 Å². The summed E-state index contributed by atoms with van der Waals surface area (Å²) in [4.78, 5) is 0. The van der Waals surface area contributed by atoms with E-state index in [0.29, 0.717) is 0 Å². The molecule has 0 aliphatic rings. The van der Waals surface area contributed by atoms with Crippen molar-refractivity contribution in [1.29, 1.82) is 0 Å². The van der Waals surface area contributed by atoms with Gasteiger partial charge in [-0.2, -0.15) is 0 Å².